The first-order chi connectivity index (χ1) is 15.0. The van der Waals surface area contributed by atoms with Crippen molar-refractivity contribution in [1.29, 1.82) is 5.26 Å². The van der Waals surface area contributed by atoms with E-state index in [2.05, 4.69) is 5.32 Å². The Labute approximate surface area is 185 Å². The number of amides is 1. The fourth-order valence-corrected chi connectivity index (χ4v) is 4.72. The molecule has 0 unspecified atom stereocenters. The van der Waals surface area contributed by atoms with Crippen LogP contribution in [-0.4, -0.2) is 32.2 Å². The molecule has 7 nitrogen and oxygen atoms in total. The maximum Gasteiger partial charge on any atom is 0.341 e. The molecule has 1 N–H and O–H groups in total. The number of hydrogen-bond acceptors (Lipinski definition) is 7. The van der Waals surface area contributed by atoms with Gasteiger partial charge in [-0.25, -0.2) is 4.79 Å². The molecule has 1 aromatic heterocycles. The molecule has 8 heteroatoms. The van der Waals surface area contributed by atoms with Gasteiger partial charge in [0.1, 0.15) is 16.6 Å². The summed E-state index contributed by atoms with van der Waals surface area (Å²) in [6.07, 6.45) is 4.10. The van der Waals surface area contributed by atoms with Crippen molar-refractivity contribution in [2.45, 2.75) is 33.1 Å². The van der Waals surface area contributed by atoms with Gasteiger partial charge in [0.15, 0.2) is 11.5 Å². The van der Waals surface area contributed by atoms with Crippen LogP contribution in [0.5, 0.6) is 11.5 Å². The minimum atomic E-state index is -0.583. The zero-order chi connectivity index (χ0) is 22.4. The Hall–Kier alpha value is -3.31. The van der Waals surface area contributed by atoms with Crippen molar-refractivity contribution in [3.8, 4) is 17.6 Å². The smallest absolute Gasteiger partial charge is 0.341 e. The number of anilines is 1. The minimum absolute atomic E-state index is 0.0884. The van der Waals surface area contributed by atoms with E-state index in [1.807, 2.05) is 13.0 Å². The lowest BCUT2D eigenvalue weighted by Gasteiger charge is -2.10. The lowest BCUT2D eigenvalue weighted by Crippen LogP contribution is -2.16. The van der Waals surface area contributed by atoms with Crippen LogP contribution in [0.1, 0.15) is 46.6 Å². The minimum Gasteiger partial charge on any atom is -0.493 e. The van der Waals surface area contributed by atoms with Gasteiger partial charge in [0.2, 0.25) is 0 Å². The van der Waals surface area contributed by atoms with E-state index in [0.29, 0.717) is 34.2 Å². The molecule has 0 saturated heterocycles. The van der Waals surface area contributed by atoms with Crippen LogP contribution in [0.25, 0.3) is 6.08 Å². The quantitative estimate of drug-likeness (QED) is 0.372. The van der Waals surface area contributed by atoms with Crippen molar-refractivity contribution in [1.82, 2.24) is 0 Å². The van der Waals surface area contributed by atoms with Crippen molar-refractivity contribution in [2.75, 3.05) is 25.6 Å². The predicted octanol–water partition coefficient (Wildman–Crippen LogP) is 4.37. The summed E-state index contributed by atoms with van der Waals surface area (Å²) < 4.78 is 16.0. The summed E-state index contributed by atoms with van der Waals surface area (Å²) in [5.74, 6) is 0.0571. The molecule has 2 aromatic rings. The van der Waals surface area contributed by atoms with E-state index in [1.165, 1.54) is 24.5 Å². The van der Waals surface area contributed by atoms with Gasteiger partial charge in [0.25, 0.3) is 5.91 Å². The first-order valence-electron chi connectivity index (χ1n) is 10.1. The summed E-state index contributed by atoms with van der Waals surface area (Å²) in [5.41, 5.74) is 1.88. The number of methoxy groups -OCH3 is 1. The SMILES string of the molecule is CCOC(=O)c1c(NC(=O)C(C#N)=Cc2ccc(OCC)c(OC)c2)sc2c1CCC2. The van der Waals surface area contributed by atoms with Crippen molar-refractivity contribution in [3.63, 3.8) is 0 Å². The Morgan fingerprint density at radius 1 is 1.23 bits per heavy atom. The van der Waals surface area contributed by atoms with Crippen molar-refractivity contribution < 1.29 is 23.8 Å². The normalized spacial score (nSPS) is 12.6. The highest BCUT2D eigenvalue weighted by molar-refractivity contribution is 7.17. The standard InChI is InChI=1S/C23H24N2O5S/c1-4-29-17-10-9-14(12-18(17)28-3)11-15(13-24)21(26)25-22-20(23(27)30-5-2)16-7-6-8-19(16)31-22/h9-12H,4-8H2,1-3H3,(H,25,26). The van der Waals surface area contributed by atoms with E-state index in [9.17, 15) is 14.9 Å². The number of benzene rings is 1. The van der Waals surface area contributed by atoms with E-state index < -0.39 is 11.9 Å². The molecule has 0 aliphatic heterocycles. The van der Waals surface area contributed by atoms with Gasteiger partial charge in [-0.15, -0.1) is 11.3 Å². The van der Waals surface area contributed by atoms with Crippen LogP contribution in [0.15, 0.2) is 23.8 Å². The lowest BCUT2D eigenvalue weighted by atomic mass is 10.1. The van der Waals surface area contributed by atoms with Crippen LogP contribution in [0.3, 0.4) is 0 Å². The molecule has 0 fully saturated rings. The Morgan fingerprint density at radius 3 is 2.71 bits per heavy atom. The van der Waals surface area contributed by atoms with Crippen LogP contribution in [0.2, 0.25) is 0 Å². The van der Waals surface area contributed by atoms with Gasteiger partial charge < -0.3 is 19.5 Å². The molecule has 0 atom stereocenters. The average Bonchev–Trinajstić information content (AvgIpc) is 3.33. The number of esters is 1. The molecule has 1 aromatic carbocycles. The topological polar surface area (TPSA) is 97.7 Å². The highest BCUT2D eigenvalue weighted by Gasteiger charge is 2.28. The molecular weight excluding hydrogens is 416 g/mol. The van der Waals surface area contributed by atoms with E-state index in [4.69, 9.17) is 14.2 Å². The number of carbonyl (C=O) groups excluding carboxylic acids is 2. The second-order valence-corrected chi connectivity index (χ2v) is 7.85. The maximum atomic E-state index is 12.8. The van der Waals surface area contributed by atoms with E-state index in [0.717, 1.165) is 29.7 Å². The largest absolute Gasteiger partial charge is 0.493 e. The Balaban J connectivity index is 1.87. The van der Waals surface area contributed by atoms with E-state index in [1.54, 1.807) is 25.1 Å². The number of hydrogen-bond donors (Lipinski definition) is 1. The number of carbonyl (C=O) groups is 2. The fraction of sp³-hybridized carbons (Fsp3) is 0.348. The molecule has 0 radical (unpaired) electrons. The number of aryl methyl sites for hydroxylation is 1. The number of nitriles is 1. The monoisotopic (exact) mass is 440 g/mol. The number of nitrogens with one attached hydrogen (secondary N) is 1. The third kappa shape index (κ3) is 4.89. The van der Waals surface area contributed by atoms with Gasteiger partial charge in [-0.05, 0) is 62.4 Å². The molecule has 3 rings (SSSR count). The number of nitrogens with zero attached hydrogens (tertiary/aromatic N) is 1. The molecule has 0 bridgehead atoms. The summed E-state index contributed by atoms with van der Waals surface area (Å²) in [7, 11) is 1.52. The van der Waals surface area contributed by atoms with Crippen molar-refractivity contribution in [3.05, 3.63) is 45.3 Å². The van der Waals surface area contributed by atoms with Gasteiger partial charge in [0.05, 0.1) is 25.9 Å². The van der Waals surface area contributed by atoms with Crippen molar-refractivity contribution >= 4 is 34.3 Å². The molecule has 0 spiro atoms. The van der Waals surface area contributed by atoms with Crippen LogP contribution in [-0.2, 0) is 22.4 Å². The number of thiophene rings is 1. The highest BCUT2D eigenvalue weighted by Crippen LogP contribution is 2.39. The lowest BCUT2D eigenvalue weighted by molar-refractivity contribution is -0.112. The first-order valence-corrected chi connectivity index (χ1v) is 10.9. The highest BCUT2D eigenvalue weighted by atomic mass is 32.1. The Kier molecular flexibility index (Phi) is 7.32. The molecule has 0 saturated carbocycles. The van der Waals surface area contributed by atoms with Crippen LogP contribution < -0.4 is 14.8 Å². The van der Waals surface area contributed by atoms with E-state index >= 15 is 0 Å². The van der Waals surface area contributed by atoms with Crippen LogP contribution in [0.4, 0.5) is 5.00 Å². The fourth-order valence-electron chi connectivity index (χ4n) is 3.45. The zero-order valence-electron chi connectivity index (χ0n) is 17.7. The second kappa shape index (κ2) is 10.1. The number of ether oxygens (including phenoxy) is 3. The summed E-state index contributed by atoms with van der Waals surface area (Å²) >= 11 is 1.37. The Bertz CT molecular complexity index is 1060. The van der Waals surface area contributed by atoms with Gasteiger partial charge in [-0.2, -0.15) is 5.26 Å². The molecule has 31 heavy (non-hydrogen) atoms. The van der Waals surface area contributed by atoms with Gasteiger partial charge in [-0.1, -0.05) is 6.07 Å². The summed E-state index contributed by atoms with van der Waals surface area (Å²) in [6, 6.07) is 7.09. The zero-order valence-corrected chi connectivity index (χ0v) is 18.6. The molecule has 1 aliphatic carbocycles. The third-order valence-corrected chi connectivity index (χ3v) is 6.00. The molecule has 1 amide bonds. The number of fused-ring (bicyclic) bond motifs is 1. The summed E-state index contributed by atoms with van der Waals surface area (Å²) in [5, 5.41) is 12.7. The summed E-state index contributed by atoms with van der Waals surface area (Å²) in [4.78, 5) is 26.4. The Morgan fingerprint density at radius 2 is 2.03 bits per heavy atom. The van der Waals surface area contributed by atoms with Crippen LogP contribution in [0, 0.1) is 11.3 Å². The molecule has 1 heterocycles. The maximum absolute atomic E-state index is 12.8. The van der Waals surface area contributed by atoms with Gasteiger partial charge in [-0.3, -0.25) is 4.79 Å². The van der Waals surface area contributed by atoms with Crippen molar-refractivity contribution in [2.24, 2.45) is 0 Å². The summed E-state index contributed by atoms with van der Waals surface area (Å²) in [6.45, 7) is 4.35. The van der Waals surface area contributed by atoms with E-state index in [-0.39, 0.29) is 12.2 Å². The second-order valence-electron chi connectivity index (χ2n) is 6.75. The predicted molar refractivity (Wildman–Crippen MR) is 119 cm³/mol. The number of rotatable bonds is 8. The first kappa shape index (κ1) is 22.4. The molecular formula is C23H24N2O5S. The van der Waals surface area contributed by atoms with Gasteiger partial charge in [0, 0.05) is 4.88 Å². The molecule has 162 valence electrons. The van der Waals surface area contributed by atoms with Gasteiger partial charge >= 0.3 is 5.97 Å². The van der Waals surface area contributed by atoms with Crippen LogP contribution >= 0.6 is 11.3 Å². The average molecular weight is 441 g/mol. The third-order valence-electron chi connectivity index (χ3n) is 4.79. The molecule has 1 aliphatic rings.